The van der Waals surface area contributed by atoms with Gasteiger partial charge in [0, 0.05) is 31.0 Å². The van der Waals surface area contributed by atoms with Crippen molar-refractivity contribution in [3.63, 3.8) is 0 Å². The van der Waals surface area contributed by atoms with E-state index >= 15 is 0 Å². The average molecular weight is 428 g/mol. The third-order valence-electron chi connectivity index (χ3n) is 5.44. The summed E-state index contributed by atoms with van der Waals surface area (Å²) in [5.74, 6) is -0.353. The molecule has 4 heterocycles. The van der Waals surface area contributed by atoms with Crippen LogP contribution in [0.2, 0.25) is 0 Å². The van der Waals surface area contributed by atoms with Crippen molar-refractivity contribution in [3.05, 3.63) is 58.0 Å². The second-order valence-corrected chi connectivity index (χ2v) is 7.44. The SMILES string of the molecule is CCOC(=O)c1cnn2ccc(N3CCC[C@@H]3c3cc(F)cn(CCCN)c3=O)nc12. The van der Waals surface area contributed by atoms with E-state index in [1.54, 1.807) is 19.2 Å². The number of ether oxygens (including phenoxy) is 1. The molecule has 10 heteroatoms. The van der Waals surface area contributed by atoms with E-state index in [2.05, 4.69) is 10.1 Å². The highest BCUT2D eigenvalue weighted by Crippen LogP contribution is 2.34. The molecule has 0 aromatic carbocycles. The molecule has 0 aliphatic carbocycles. The lowest BCUT2D eigenvalue weighted by Gasteiger charge is -2.26. The maximum absolute atomic E-state index is 14.3. The highest BCUT2D eigenvalue weighted by atomic mass is 19.1. The van der Waals surface area contributed by atoms with E-state index in [-0.39, 0.29) is 23.8 Å². The molecule has 3 aromatic heterocycles. The van der Waals surface area contributed by atoms with Crippen LogP contribution in [0.5, 0.6) is 0 Å². The topological polar surface area (TPSA) is 108 Å². The molecule has 0 radical (unpaired) electrons. The number of hydrogen-bond acceptors (Lipinski definition) is 7. The van der Waals surface area contributed by atoms with Gasteiger partial charge in [0.05, 0.1) is 18.8 Å². The lowest BCUT2D eigenvalue weighted by Crippen LogP contribution is -2.32. The minimum atomic E-state index is -0.493. The van der Waals surface area contributed by atoms with E-state index in [0.717, 1.165) is 6.42 Å². The molecule has 1 fully saturated rings. The van der Waals surface area contributed by atoms with E-state index in [4.69, 9.17) is 10.5 Å². The van der Waals surface area contributed by atoms with Gasteiger partial charge in [-0.2, -0.15) is 5.10 Å². The van der Waals surface area contributed by atoms with Gasteiger partial charge in [0.25, 0.3) is 5.56 Å². The minimum absolute atomic E-state index is 0.218. The van der Waals surface area contributed by atoms with Gasteiger partial charge in [0.15, 0.2) is 5.65 Å². The van der Waals surface area contributed by atoms with E-state index in [0.29, 0.717) is 49.5 Å². The van der Waals surface area contributed by atoms with Crippen LogP contribution < -0.4 is 16.2 Å². The standard InChI is InChI=1S/C21H25FN6O3/c1-2-31-21(30)16-12-24-28-10-6-18(25-19(16)28)27-9-3-5-17(27)15-11-14(22)13-26(20(15)29)8-4-7-23/h6,10-13,17H,2-5,7-9,23H2,1H3/t17-/m1/s1. The molecule has 0 bridgehead atoms. The molecule has 0 unspecified atom stereocenters. The van der Waals surface area contributed by atoms with Crippen LogP contribution in [0, 0.1) is 5.82 Å². The Balaban J connectivity index is 1.72. The Morgan fingerprint density at radius 2 is 2.26 bits per heavy atom. The maximum Gasteiger partial charge on any atom is 0.343 e. The summed E-state index contributed by atoms with van der Waals surface area (Å²) in [6.45, 7) is 3.44. The largest absolute Gasteiger partial charge is 0.462 e. The molecular weight excluding hydrogens is 403 g/mol. The number of aryl methyl sites for hydroxylation is 1. The highest BCUT2D eigenvalue weighted by molar-refractivity contribution is 5.95. The first-order chi connectivity index (χ1) is 15.0. The number of esters is 1. The van der Waals surface area contributed by atoms with Crippen molar-refractivity contribution in [2.75, 3.05) is 24.6 Å². The number of fused-ring (bicyclic) bond motifs is 1. The Morgan fingerprint density at radius 3 is 3.03 bits per heavy atom. The smallest absolute Gasteiger partial charge is 0.343 e. The van der Waals surface area contributed by atoms with Crippen LogP contribution >= 0.6 is 0 Å². The molecule has 31 heavy (non-hydrogen) atoms. The van der Waals surface area contributed by atoms with E-state index in [1.807, 2.05) is 4.90 Å². The second kappa shape index (κ2) is 8.84. The highest BCUT2D eigenvalue weighted by Gasteiger charge is 2.30. The van der Waals surface area contributed by atoms with Gasteiger partial charge < -0.3 is 19.9 Å². The Kier molecular flexibility index (Phi) is 5.99. The van der Waals surface area contributed by atoms with Crippen LogP contribution in [-0.2, 0) is 11.3 Å². The van der Waals surface area contributed by atoms with Crippen LogP contribution in [0.25, 0.3) is 5.65 Å². The number of carbonyl (C=O) groups excluding carboxylic acids is 1. The molecule has 1 saturated heterocycles. The van der Waals surface area contributed by atoms with E-state index in [9.17, 15) is 14.0 Å². The lowest BCUT2D eigenvalue weighted by atomic mass is 10.1. The van der Waals surface area contributed by atoms with Crippen LogP contribution in [0.3, 0.4) is 0 Å². The summed E-state index contributed by atoms with van der Waals surface area (Å²) in [5, 5.41) is 4.15. The number of halogens is 1. The number of aromatic nitrogens is 4. The monoisotopic (exact) mass is 428 g/mol. The Labute approximate surface area is 178 Å². The van der Waals surface area contributed by atoms with Crippen molar-refractivity contribution in [3.8, 4) is 0 Å². The number of nitrogens with zero attached hydrogens (tertiary/aromatic N) is 5. The van der Waals surface area contributed by atoms with Crippen LogP contribution in [0.4, 0.5) is 10.2 Å². The third-order valence-corrected chi connectivity index (χ3v) is 5.44. The predicted octanol–water partition coefficient (Wildman–Crippen LogP) is 1.90. The Morgan fingerprint density at radius 1 is 1.42 bits per heavy atom. The molecule has 0 amide bonds. The van der Waals surface area contributed by atoms with Crippen LogP contribution in [-0.4, -0.2) is 44.8 Å². The molecule has 4 rings (SSSR count). The fraction of sp³-hybridized carbons (Fsp3) is 0.429. The Bertz CT molecular complexity index is 1160. The van der Waals surface area contributed by atoms with Crippen molar-refractivity contribution >= 4 is 17.4 Å². The first-order valence-electron chi connectivity index (χ1n) is 10.4. The predicted molar refractivity (Wildman–Crippen MR) is 113 cm³/mol. The summed E-state index contributed by atoms with van der Waals surface area (Å²) >= 11 is 0. The minimum Gasteiger partial charge on any atom is -0.462 e. The van der Waals surface area contributed by atoms with Gasteiger partial charge in [0.1, 0.15) is 17.2 Å². The van der Waals surface area contributed by atoms with Crippen molar-refractivity contribution < 1.29 is 13.9 Å². The fourth-order valence-corrected chi connectivity index (χ4v) is 4.02. The first kappa shape index (κ1) is 21.0. The number of hydrogen-bond donors (Lipinski definition) is 1. The molecule has 3 aromatic rings. The van der Waals surface area contributed by atoms with Crippen molar-refractivity contribution in [1.82, 2.24) is 19.2 Å². The third kappa shape index (κ3) is 4.02. The van der Waals surface area contributed by atoms with E-state index < -0.39 is 11.8 Å². The summed E-state index contributed by atoms with van der Waals surface area (Å²) in [5.41, 5.74) is 6.37. The molecule has 1 aliphatic heterocycles. The van der Waals surface area contributed by atoms with Gasteiger partial charge in [-0.15, -0.1) is 0 Å². The summed E-state index contributed by atoms with van der Waals surface area (Å²) in [6.07, 6.45) is 6.48. The maximum atomic E-state index is 14.3. The van der Waals surface area contributed by atoms with E-state index in [1.165, 1.54) is 27.5 Å². The summed E-state index contributed by atoms with van der Waals surface area (Å²) < 4.78 is 22.3. The van der Waals surface area contributed by atoms with Gasteiger partial charge in [0.2, 0.25) is 0 Å². The molecule has 2 N–H and O–H groups in total. The summed E-state index contributed by atoms with van der Waals surface area (Å²) in [7, 11) is 0. The number of carbonyl (C=O) groups is 1. The summed E-state index contributed by atoms with van der Waals surface area (Å²) in [4.78, 5) is 31.8. The molecule has 0 spiro atoms. The number of rotatable bonds is 7. The second-order valence-electron chi connectivity index (χ2n) is 7.44. The van der Waals surface area contributed by atoms with Gasteiger partial charge >= 0.3 is 5.97 Å². The summed E-state index contributed by atoms with van der Waals surface area (Å²) in [6, 6.07) is 2.78. The lowest BCUT2D eigenvalue weighted by molar-refractivity contribution is 0.0528. The average Bonchev–Trinajstić information content (AvgIpc) is 3.41. The molecule has 164 valence electrons. The number of nitrogens with two attached hydrogens (primary N) is 1. The van der Waals surface area contributed by atoms with Crippen LogP contribution in [0.15, 0.2) is 35.5 Å². The van der Waals surface area contributed by atoms with Crippen molar-refractivity contribution in [2.24, 2.45) is 5.73 Å². The zero-order valence-electron chi connectivity index (χ0n) is 17.3. The molecular formula is C21H25FN6O3. The van der Waals surface area contributed by atoms with Crippen molar-refractivity contribution in [1.29, 1.82) is 0 Å². The number of pyridine rings is 1. The quantitative estimate of drug-likeness (QED) is 0.573. The van der Waals surface area contributed by atoms with Crippen LogP contribution in [0.1, 0.15) is 48.1 Å². The first-order valence-corrected chi connectivity index (χ1v) is 10.4. The Hall–Kier alpha value is -3.27. The molecule has 9 nitrogen and oxygen atoms in total. The van der Waals surface area contributed by atoms with Gasteiger partial charge in [-0.3, -0.25) is 4.79 Å². The van der Waals surface area contributed by atoms with Gasteiger partial charge in [-0.05, 0) is 44.9 Å². The molecule has 1 aliphatic rings. The van der Waals surface area contributed by atoms with Gasteiger partial charge in [-0.1, -0.05) is 0 Å². The molecule has 1 atom stereocenters. The fourth-order valence-electron chi connectivity index (χ4n) is 4.02. The molecule has 0 saturated carbocycles. The zero-order valence-corrected chi connectivity index (χ0v) is 17.3. The van der Waals surface area contributed by atoms with Gasteiger partial charge in [-0.25, -0.2) is 18.7 Å². The zero-order chi connectivity index (χ0) is 22.0. The van der Waals surface area contributed by atoms with Crippen molar-refractivity contribution in [2.45, 2.75) is 38.8 Å². The number of anilines is 1. The normalized spacial score (nSPS) is 16.2.